The number of anilines is 1. The van der Waals surface area contributed by atoms with E-state index in [1.165, 1.54) is 5.56 Å². The predicted molar refractivity (Wildman–Crippen MR) is 68.6 cm³/mol. The number of hydrogen-bond donors (Lipinski definition) is 4. The fraction of sp³-hybridized carbons (Fsp3) is 0.333. The molecule has 0 spiro atoms. The molecule has 0 saturated carbocycles. The number of nitrogens with zero attached hydrogens (tertiary/aromatic N) is 1. The molecular formula is C12H16N4O2. The average Bonchev–Trinajstić information content (AvgIpc) is 2.74. The molecule has 6 heteroatoms. The van der Waals surface area contributed by atoms with E-state index in [2.05, 4.69) is 26.6 Å². The number of aromatic amines is 2. The number of hydrogen-bond acceptors (Lipinski definition) is 4. The fourth-order valence-electron chi connectivity index (χ4n) is 1.76. The summed E-state index contributed by atoms with van der Waals surface area (Å²) in [6.07, 6.45) is -0.857. The Hall–Kier alpha value is -2.08. The van der Waals surface area contributed by atoms with Gasteiger partial charge in [0.05, 0.1) is 0 Å². The van der Waals surface area contributed by atoms with E-state index in [9.17, 15) is 9.90 Å². The van der Waals surface area contributed by atoms with Gasteiger partial charge in [0.1, 0.15) is 6.10 Å². The summed E-state index contributed by atoms with van der Waals surface area (Å²) in [4.78, 5) is 13.3. The van der Waals surface area contributed by atoms with Crippen LogP contribution in [0.2, 0.25) is 0 Å². The van der Waals surface area contributed by atoms with E-state index in [0.29, 0.717) is 0 Å². The lowest BCUT2D eigenvalue weighted by Gasteiger charge is -2.12. The van der Waals surface area contributed by atoms with Gasteiger partial charge in [0, 0.05) is 12.2 Å². The van der Waals surface area contributed by atoms with Crippen LogP contribution < -0.4 is 11.0 Å². The summed E-state index contributed by atoms with van der Waals surface area (Å²) in [7, 11) is 0. The summed E-state index contributed by atoms with van der Waals surface area (Å²) in [6, 6.07) is 6.02. The standard InChI is InChI=1S/C12H16N4O2/c1-7-3-4-9(8(2)5-7)13-6-10(17)11-14-12(18)16-15-11/h3-5,10,13,17H,6H2,1-2H3,(H2,14,15,16,18). The lowest BCUT2D eigenvalue weighted by Crippen LogP contribution is -2.14. The number of rotatable bonds is 4. The highest BCUT2D eigenvalue weighted by molar-refractivity contribution is 5.51. The number of H-pyrrole nitrogens is 2. The van der Waals surface area contributed by atoms with Crippen molar-refractivity contribution >= 4 is 5.69 Å². The maximum atomic E-state index is 10.9. The molecule has 0 radical (unpaired) electrons. The summed E-state index contributed by atoms with van der Waals surface area (Å²) in [5, 5.41) is 18.8. The Bertz CT molecular complexity index is 588. The Labute approximate surface area is 104 Å². The van der Waals surface area contributed by atoms with Crippen molar-refractivity contribution < 1.29 is 5.11 Å². The predicted octanol–water partition coefficient (Wildman–Crippen LogP) is 0.860. The minimum absolute atomic E-state index is 0.234. The third-order valence-electron chi connectivity index (χ3n) is 2.70. The summed E-state index contributed by atoms with van der Waals surface area (Å²) in [5.41, 5.74) is 2.83. The van der Waals surface area contributed by atoms with Crippen LogP contribution in [0.25, 0.3) is 0 Å². The molecular weight excluding hydrogens is 232 g/mol. The van der Waals surface area contributed by atoms with Crippen LogP contribution in [0, 0.1) is 13.8 Å². The molecule has 0 aliphatic rings. The van der Waals surface area contributed by atoms with Crippen LogP contribution in [-0.4, -0.2) is 26.8 Å². The van der Waals surface area contributed by atoms with Crippen molar-refractivity contribution in [3.8, 4) is 0 Å². The molecule has 0 fully saturated rings. The molecule has 1 aromatic heterocycles. The third kappa shape index (κ3) is 2.78. The molecule has 0 aliphatic heterocycles. The highest BCUT2D eigenvalue weighted by Gasteiger charge is 2.11. The highest BCUT2D eigenvalue weighted by Crippen LogP contribution is 2.17. The number of nitrogens with one attached hydrogen (secondary N) is 3. The van der Waals surface area contributed by atoms with E-state index in [-0.39, 0.29) is 12.4 Å². The SMILES string of the molecule is Cc1ccc(NCC(O)c2n[nH]c(=O)[nH]2)c(C)c1. The topological polar surface area (TPSA) is 93.8 Å². The zero-order chi connectivity index (χ0) is 13.1. The van der Waals surface area contributed by atoms with Crippen LogP contribution in [0.1, 0.15) is 23.1 Å². The highest BCUT2D eigenvalue weighted by atomic mass is 16.3. The zero-order valence-corrected chi connectivity index (χ0v) is 10.3. The van der Waals surface area contributed by atoms with E-state index < -0.39 is 11.8 Å². The molecule has 96 valence electrons. The van der Waals surface area contributed by atoms with Gasteiger partial charge >= 0.3 is 5.69 Å². The van der Waals surface area contributed by atoms with Gasteiger partial charge in [-0.25, -0.2) is 9.89 Å². The molecule has 1 unspecified atom stereocenters. The summed E-state index contributed by atoms with van der Waals surface area (Å²) < 4.78 is 0. The van der Waals surface area contributed by atoms with Crippen molar-refractivity contribution in [2.75, 3.05) is 11.9 Å². The number of aliphatic hydroxyl groups excluding tert-OH is 1. The van der Waals surface area contributed by atoms with Crippen LogP contribution in [0.4, 0.5) is 5.69 Å². The Morgan fingerprint density at radius 3 is 2.83 bits per heavy atom. The smallest absolute Gasteiger partial charge is 0.340 e. The Balaban J connectivity index is 2.01. The third-order valence-corrected chi connectivity index (χ3v) is 2.70. The van der Waals surface area contributed by atoms with Gasteiger partial charge in [-0.05, 0) is 25.5 Å². The molecule has 0 bridgehead atoms. The molecule has 1 heterocycles. The van der Waals surface area contributed by atoms with Crippen molar-refractivity contribution in [3.05, 3.63) is 45.6 Å². The molecule has 2 aromatic rings. The van der Waals surface area contributed by atoms with E-state index in [4.69, 9.17) is 0 Å². The Morgan fingerprint density at radius 2 is 2.22 bits per heavy atom. The van der Waals surface area contributed by atoms with Crippen LogP contribution in [0.3, 0.4) is 0 Å². The first-order chi connectivity index (χ1) is 8.56. The molecule has 1 aromatic carbocycles. The number of aromatic nitrogens is 3. The van der Waals surface area contributed by atoms with Crippen LogP contribution in [0.15, 0.2) is 23.0 Å². The maximum Gasteiger partial charge on any atom is 0.340 e. The largest absolute Gasteiger partial charge is 0.383 e. The molecule has 0 amide bonds. The van der Waals surface area contributed by atoms with Crippen molar-refractivity contribution in [2.45, 2.75) is 20.0 Å². The molecule has 1 atom stereocenters. The molecule has 0 aliphatic carbocycles. The van der Waals surface area contributed by atoms with Gasteiger partial charge in [-0.2, -0.15) is 5.10 Å². The summed E-state index contributed by atoms with van der Waals surface area (Å²) in [6.45, 7) is 4.31. The first kappa shape index (κ1) is 12.4. The lowest BCUT2D eigenvalue weighted by molar-refractivity contribution is 0.182. The van der Waals surface area contributed by atoms with Gasteiger partial charge in [0.15, 0.2) is 5.82 Å². The van der Waals surface area contributed by atoms with E-state index >= 15 is 0 Å². The van der Waals surface area contributed by atoms with Crippen LogP contribution in [-0.2, 0) is 0 Å². The van der Waals surface area contributed by atoms with E-state index in [1.807, 2.05) is 26.0 Å². The van der Waals surface area contributed by atoms with Gasteiger partial charge in [0.25, 0.3) is 0 Å². The Morgan fingerprint density at radius 1 is 1.44 bits per heavy atom. The Kier molecular flexibility index (Phi) is 3.47. The first-order valence-electron chi connectivity index (χ1n) is 5.70. The normalized spacial score (nSPS) is 12.4. The monoisotopic (exact) mass is 248 g/mol. The van der Waals surface area contributed by atoms with Crippen molar-refractivity contribution in [1.82, 2.24) is 15.2 Å². The van der Waals surface area contributed by atoms with Gasteiger partial charge in [-0.3, -0.25) is 4.98 Å². The zero-order valence-electron chi connectivity index (χ0n) is 10.3. The minimum atomic E-state index is -0.857. The summed E-state index contributed by atoms with van der Waals surface area (Å²) >= 11 is 0. The first-order valence-corrected chi connectivity index (χ1v) is 5.70. The van der Waals surface area contributed by atoms with E-state index in [1.54, 1.807) is 0 Å². The minimum Gasteiger partial charge on any atom is -0.383 e. The second kappa shape index (κ2) is 5.05. The van der Waals surface area contributed by atoms with Crippen LogP contribution >= 0.6 is 0 Å². The van der Waals surface area contributed by atoms with Crippen molar-refractivity contribution in [1.29, 1.82) is 0 Å². The molecule has 4 N–H and O–H groups in total. The second-order valence-electron chi connectivity index (χ2n) is 4.28. The molecule has 18 heavy (non-hydrogen) atoms. The van der Waals surface area contributed by atoms with Gasteiger partial charge in [0.2, 0.25) is 0 Å². The number of aryl methyl sites for hydroxylation is 2. The summed E-state index contributed by atoms with van der Waals surface area (Å²) in [5.74, 6) is 0.234. The quantitative estimate of drug-likeness (QED) is 0.645. The number of aliphatic hydroxyl groups is 1. The molecule has 0 saturated heterocycles. The second-order valence-corrected chi connectivity index (χ2v) is 4.28. The molecule has 2 rings (SSSR count). The average molecular weight is 248 g/mol. The van der Waals surface area contributed by atoms with Crippen molar-refractivity contribution in [2.24, 2.45) is 0 Å². The van der Waals surface area contributed by atoms with Gasteiger partial charge < -0.3 is 10.4 Å². The van der Waals surface area contributed by atoms with E-state index in [0.717, 1.165) is 11.3 Å². The van der Waals surface area contributed by atoms with Crippen LogP contribution in [0.5, 0.6) is 0 Å². The fourth-order valence-corrected chi connectivity index (χ4v) is 1.76. The number of benzene rings is 1. The lowest BCUT2D eigenvalue weighted by atomic mass is 10.1. The van der Waals surface area contributed by atoms with Gasteiger partial charge in [-0.15, -0.1) is 0 Å². The van der Waals surface area contributed by atoms with Gasteiger partial charge in [-0.1, -0.05) is 17.7 Å². The van der Waals surface area contributed by atoms with Crippen molar-refractivity contribution in [3.63, 3.8) is 0 Å². The maximum absolute atomic E-state index is 10.9. The molecule has 6 nitrogen and oxygen atoms in total.